The molecule has 17 heavy (non-hydrogen) atoms. The van der Waals surface area contributed by atoms with Gasteiger partial charge < -0.3 is 15.1 Å². The van der Waals surface area contributed by atoms with Crippen molar-refractivity contribution in [3.8, 4) is 0 Å². The highest BCUT2D eigenvalue weighted by Crippen LogP contribution is 2.28. The van der Waals surface area contributed by atoms with Gasteiger partial charge in [-0.3, -0.25) is 0 Å². The van der Waals surface area contributed by atoms with Crippen LogP contribution in [0.5, 0.6) is 0 Å². The smallest absolute Gasteiger partial charge is 0.0224 e. The van der Waals surface area contributed by atoms with E-state index in [1.54, 1.807) is 0 Å². The first-order valence-electron chi connectivity index (χ1n) is 7.07. The summed E-state index contributed by atoms with van der Waals surface area (Å²) in [5.74, 6) is 0.940. The first-order valence-corrected chi connectivity index (χ1v) is 7.07. The SMILES string of the molecule is CN(C)CC(C)(C)CNC1CN2CCC1CC2. The molecule has 3 heterocycles. The van der Waals surface area contributed by atoms with E-state index in [0.717, 1.165) is 25.0 Å². The third-order valence-electron chi connectivity index (χ3n) is 4.24. The highest BCUT2D eigenvalue weighted by Gasteiger charge is 2.34. The van der Waals surface area contributed by atoms with Crippen LogP contribution in [0.4, 0.5) is 0 Å². The van der Waals surface area contributed by atoms with E-state index in [1.165, 1.54) is 32.5 Å². The Balaban J connectivity index is 1.78. The van der Waals surface area contributed by atoms with Crippen molar-refractivity contribution < 1.29 is 0 Å². The molecule has 1 N–H and O–H groups in total. The summed E-state index contributed by atoms with van der Waals surface area (Å²) in [5.41, 5.74) is 0.371. The van der Waals surface area contributed by atoms with E-state index in [2.05, 4.69) is 43.1 Å². The zero-order chi connectivity index (χ0) is 12.5. The number of piperidine rings is 3. The van der Waals surface area contributed by atoms with Crippen molar-refractivity contribution in [3.05, 3.63) is 0 Å². The monoisotopic (exact) mass is 239 g/mol. The lowest BCUT2D eigenvalue weighted by Crippen LogP contribution is -2.57. The zero-order valence-corrected chi connectivity index (χ0v) is 12.0. The van der Waals surface area contributed by atoms with Crippen LogP contribution in [0.25, 0.3) is 0 Å². The Morgan fingerprint density at radius 3 is 2.35 bits per heavy atom. The Kier molecular flexibility index (Phi) is 4.11. The van der Waals surface area contributed by atoms with Crippen molar-refractivity contribution >= 4 is 0 Å². The van der Waals surface area contributed by atoms with Crippen LogP contribution < -0.4 is 5.32 Å². The maximum atomic E-state index is 3.83. The summed E-state index contributed by atoms with van der Waals surface area (Å²) >= 11 is 0. The molecule has 0 aromatic heterocycles. The molecule has 0 aromatic rings. The van der Waals surface area contributed by atoms with Crippen molar-refractivity contribution in [1.82, 2.24) is 15.1 Å². The van der Waals surface area contributed by atoms with Gasteiger partial charge in [0.05, 0.1) is 0 Å². The maximum Gasteiger partial charge on any atom is 0.0224 e. The number of nitrogens with one attached hydrogen (secondary N) is 1. The van der Waals surface area contributed by atoms with E-state index in [4.69, 9.17) is 0 Å². The van der Waals surface area contributed by atoms with Gasteiger partial charge in [0.15, 0.2) is 0 Å². The van der Waals surface area contributed by atoms with Crippen LogP contribution in [0, 0.1) is 11.3 Å². The number of rotatable bonds is 5. The lowest BCUT2D eigenvalue weighted by molar-refractivity contribution is 0.0659. The van der Waals surface area contributed by atoms with Crippen molar-refractivity contribution in [3.63, 3.8) is 0 Å². The standard InChI is InChI=1S/C14H29N3/c1-14(2,11-16(3)4)10-15-13-9-17-7-5-12(13)6-8-17/h12-13,15H,5-11H2,1-4H3. The van der Waals surface area contributed by atoms with E-state index in [9.17, 15) is 0 Å². The second kappa shape index (κ2) is 5.25. The van der Waals surface area contributed by atoms with Gasteiger partial charge in [-0.2, -0.15) is 0 Å². The molecule has 1 atom stereocenters. The van der Waals surface area contributed by atoms with Gasteiger partial charge in [-0.15, -0.1) is 0 Å². The summed E-state index contributed by atoms with van der Waals surface area (Å²) in [5, 5.41) is 3.83. The maximum absolute atomic E-state index is 3.83. The third kappa shape index (κ3) is 3.67. The van der Waals surface area contributed by atoms with Gasteiger partial charge in [-0.25, -0.2) is 0 Å². The topological polar surface area (TPSA) is 18.5 Å². The van der Waals surface area contributed by atoms with Crippen molar-refractivity contribution in [2.75, 3.05) is 46.8 Å². The molecule has 2 bridgehead atoms. The average Bonchev–Trinajstić information content (AvgIpc) is 2.26. The molecule has 0 aliphatic carbocycles. The van der Waals surface area contributed by atoms with Crippen LogP contribution in [0.15, 0.2) is 0 Å². The van der Waals surface area contributed by atoms with Crippen molar-refractivity contribution in [2.24, 2.45) is 11.3 Å². The third-order valence-corrected chi connectivity index (χ3v) is 4.24. The molecule has 0 saturated carbocycles. The van der Waals surface area contributed by atoms with Gasteiger partial charge in [0.2, 0.25) is 0 Å². The predicted octanol–water partition coefficient (Wildman–Crippen LogP) is 1.26. The minimum Gasteiger partial charge on any atom is -0.312 e. The number of hydrogen-bond acceptors (Lipinski definition) is 3. The number of nitrogens with zero attached hydrogens (tertiary/aromatic N) is 2. The highest BCUT2D eigenvalue weighted by atomic mass is 15.2. The summed E-state index contributed by atoms with van der Waals surface area (Å²) < 4.78 is 0. The molecule has 0 radical (unpaired) electrons. The van der Waals surface area contributed by atoms with Crippen LogP contribution in [0.2, 0.25) is 0 Å². The van der Waals surface area contributed by atoms with E-state index in [0.29, 0.717) is 5.41 Å². The van der Waals surface area contributed by atoms with Crippen LogP contribution in [-0.4, -0.2) is 62.7 Å². The average molecular weight is 239 g/mol. The van der Waals surface area contributed by atoms with Gasteiger partial charge in [-0.05, 0) is 51.4 Å². The van der Waals surface area contributed by atoms with Gasteiger partial charge in [0.25, 0.3) is 0 Å². The normalized spacial score (nSPS) is 33.4. The second-order valence-corrected chi connectivity index (χ2v) is 7.03. The molecule has 3 aliphatic rings. The fourth-order valence-corrected chi connectivity index (χ4v) is 3.52. The number of hydrogen-bond donors (Lipinski definition) is 1. The summed E-state index contributed by atoms with van der Waals surface area (Å²) in [6, 6.07) is 0.749. The summed E-state index contributed by atoms with van der Waals surface area (Å²) in [6.07, 6.45) is 2.82. The molecule has 0 amide bonds. The lowest BCUT2D eigenvalue weighted by atomic mass is 9.83. The molecule has 3 nitrogen and oxygen atoms in total. The Labute approximate surface area is 107 Å². The van der Waals surface area contributed by atoms with Crippen LogP contribution in [0.3, 0.4) is 0 Å². The fourth-order valence-electron chi connectivity index (χ4n) is 3.52. The summed E-state index contributed by atoms with van der Waals surface area (Å²) in [7, 11) is 4.33. The zero-order valence-electron chi connectivity index (χ0n) is 12.0. The van der Waals surface area contributed by atoms with E-state index in [-0.39, 0.29) is 0 Å². The molecule has 100 valence electrons. The fraction of sp³-hybridized carbons (Fsp3) is 1.00. The minimum absolute atomic E-state index is 0.371. The summed E-state index contributed by atoms with van der Waals surface area (Å²) in [6.45, 7) is 11.0. The Bertz CT molecular complexity index is 242. The molecule has 0 spiro atoms. The number of fused-ring (bicyclic) bond motifs is 3. The van der Waals surface area contributed by atoms with Gasteiger partial charge in [-0.1, -0.05) is 13.8 Å². The Morgan fingerprint density at radius 1 is 1.24 bits per heavy atom. The quantitative estimate of drug-likeness (QED) is 0.779. The van der Waals surface area contributed by atoms with Gasteiger partial charge >= 0.3 is 0 Å². The molecular weight excluding hydrogens is 210 g/mol. The molecule has 3 aliphatic heterocycles. The molecule has 0 aromatic carbocycles. The van der Waals surface area contributed by atoms with Gasteiger partial charge in [0.1, 0.15) is 0 Å². The minimum atomic E-state index is 0.371. The molecule has 3 rings (SSSR count). The van der Waals surface area contributed by atoms with Gasteiger partial charge in [0, 0.05) is 25.7 Å². The van der Waals surface area contributed by atoms with E-state index >= 15 is 0 Å². The molecular formula is C14H29N3. The first kappa shape index (κ1) is 13.3. The largest absolute Gasteiger partial charge is 0.312 e. The van der Waals surface area contributed by atoms with E-state index in [1.807, 2.05) is 0 Å². The molecule has 3 saturated heterocycles. The lowest BCUT2D eigenvalue weighted by Gasteiger charge is -2.46. The predicted molar refractivity (Wildman–Crippen MR) is 73.3 cm³/mol. The highest BCUT2D eigenvalue weighted by molar-refractivity contribution is 4.92. The molecule has 1 unspecified atom stereocenters. The first-order chi connectivity index (χ1) is 7.96. The van der Waals surface area contributed by atoms with E-state index < -0.39 is 0 Å². The molecule has 3 fully saturated rings. The van der Waals surface area contributed by atoms with Crippen LogP contribution >= 0.6 is 0 Å². The van der Waals surface area contributed by atoms with Crippen LogP contribution in [-0.2, 0) is 0 Å². The second-order valence-electron chi connectivity index (χ2n) is 7.03. The Morgan fingerprint density at radius 2 is 1.88 bits per heavy atom. The van der Waals surface area contributed by atoms with Crippen molar-refractivity contribution in [2.45, 2.75) is 32.7 Å². The molecule has 3 heteroatoms. The van der Waals surface area contributed by atoms with Crippen molar-refractivity contribution in [1.29, 1.82) is 0 Å². The Hall–Kier alpha value is -0.120. The summed E-state index contributed by atoms with van der Waals surface area (Å²) in [4.78, 5) is 4.91. The van der Waals surface area contributed by atoms with Crippen LogP contribution in [0.1, 0.15) is 26.7 Å².